The maximum atomic E-state index is 4.15. The van der Waals surface area contributed by atoms with E-state index < -0.39 is 0 Å². The Morgan fingerprint density at radius 3 is 2.45 bits per heavy atom. The van der Waals surface area contributed by atoms with Gasteiger partial charge in [-0.25, -0.2) is 0 Å². The lowest BCUT2D eigenvalue weighted by atomic mass is 9.89. The summed E-state index contributed by atoms with van der Waals surface area (Å²) in [5.74, 6) is 0.549. The highest BCUT2D eigenvalue weighted by Gasteiger charge is 2.10. The molecule has 0 fully saturated rings. The predicted octanol–water partition coefficient (Wildman–Crippen LogP) is 6.26. The molecule has 0 aliphatic carbocycles. The summed E-state index contributed by atoms with van der Waals surface area (Å²) in [4.78, 5) is 0. The third kappa shape index (κ3) is 3.96. The monoisotopic (exact) mass is 268 g/mol. The van der Waals surface area contributed by atoms with Crippen molar-refractivity contribution in [3.8, 4) is 0 Å². The van der Waals surface area contributed by atoms with Crippen LogP contribution in [0.5, 0.6) is 0 Å². The van der Waals surface area contributed by atoms with Crippen LogP contribution in [0.2, 0.25) is 0 Å². The van der Waals surface area contributed by atoms with Gasteiger partial charge in [-0.1, -0.05) is 61.9 Å². The molecule has 0 bridgehead atoms. The van der Waals surface area contributed by atoms with Gasteiger partial charge in [-0.05, 0) is 62.3 Å². The number of hydrogen-bond donors (Lipinski definition) is 0. The van der Waals surface area contributed by atoms with Gasteiger partial charge in [-0.3, -0.25) is 0 Å². The van der Waals surface area contributed by atoms with Gasteiger partial charge >= 0.3 is 0 Å². The minimum absolute atomic E-state index is 0.549. The second-order valence-electron chi connectivity index (χ2n) is 5.75. The molecule has 0 nitrogen and oxygen atoms in total. The molecule has 1 atom stereocenters. The van der Waals surface area contributed by atoms with Crippen molar-refractivity contribution in [2.24, 2.45) is 5.92 Å². The molecule has 1 unspecified atom stereocenters. The number of aryl methyl sites for hydroxylation is 2. The summed E-state index contributed by atoms with van der Waals surface area (Å²) in [7, 11) is 0. The highest BCUT2D eigenvalue weighted by Crippen LogP contribution is 2.28. The summed E-state index contributed by atoms with van der Waals surface area (Å²) >= 11 is 0. The molecule has 0 amide bonds. The molecule has 108 valence electrons. The number of allylic oxidation sites excluding steroid dienone is 5. The Kier molecular flexibility index (Phi) is 6.01. The summed E-state index contributed by atoms with van der Waals surface area (Å²) < 4.78 is 0. The van der Waals surface area contributed by atoms with Crippen LogP contribution >= 0.6 is 0 Å². The molecule has 0 radical (unpaired) electrons. The summed E-state index contributed by atoms with van der Waals surface area (Å²) in [6.45, 7) is 17.2. The smallest absolute Gasteiger partial charge is 0.0155 e. The highest BCUT2D eigenvalue weighted by molar-refractivity contribution is 5.77. The molecule has 0 saturated carbocycles. The van der Waals surface area contributed by atoms with Gasteiger partial charge in [-0.15, -0.1) is 0 Å². The average Bonchev–Trinajstić information content (AvgIpc) is 2.42. The van der Waals surface area contributed by atoms with Crippen LogP contribution in [0.1, 0.15) is 50.8 Å². The van der Waals surface area contributed by atoms with Crippen molar-refractivity contribution < 1.29 is 0 Å². The van der Waals surface area contributed by atoms with Gasteiger partial charge in [0.25, 0.3) is 0 Å². The van der Waals surface area contributed by atoms with Gasteiger partial charge in [0.2, 0.25) is 0 Å². The Morgan fingerprint density at radius 2 is 1.95 bits per heavy atom. The molecule has 0 aliphatic heterocycles. The molecule has 1 aromatic rings. The number of benzene rings is 1. The maximum absolute atomic E-state index is 4.15. The molecule has 0 saturated heterocycles. The Morgan fingerprint density at radius 1 is 1.30 bits per heavy atom. The number of hydrogen-bond acceptors (Lipinski definition) is 0. The van der Waals surface area contributed by atoms with E-state index in [0.29, 0.717) is 5.92 Å². The third-order valence-electron chi connectivity index (χ3n) is 3.96. The van der Waals surface area contributed by atoms with Crippen molar-refractivity contribution in [2.45, 2.75) is 48.0 Å². The lowest BCUT2D eigenvalue weighted by Crippen LogP contribution is -2.00. The molecule has 0 heterocycles. The lowest BCUT2D eigenvalue weighted by Gasteiger charge is -2.16. The second-order valence-corrected chi connectivity index (χ2v) is 5.75. The van der Waals surface area contributed by atoms with Crippen molar-refractivity contribution in [3.05, 3.63) is 64.8 Å². The van der Waals surface area contributed by atoms with Crippen LogP contribution in [0.25, 0.3) is 5.57 Å². The van der Waals surface area contributed by atoms with Crippen LogP contribution in [-0.4, -0.2) is 0 Å². The molecular formula is C20H28. The van der Waals surface area contributed by atoms with Crippen molar-refractivity contribution in [1.29, 1.82) is 0 Å². The molecular weight excluding hydrogens is 240 g/mol. The first-order valence-corrected chi connectivity index (χ1v) is 7.52. The summed E-state index contributed by atoms with van der Waals surface area (Å²) in [5, 5.41) is 0. The maximum Gasteiger partial charge on any atom is -0.0155 e. The Balaban J connectivity index is 3.32. The molecule has 1 rings (SSSR count). The second kappa shape index (κ2) is 7.28. The van der Waals surface area contributed by atoms with Gasteiger partial charge < -0.3 is 0 Å². The van der Waals surface area contributed by atoms with Crippen LogP contribution in [0.15, 0.2) is 48.1 Å². The standard InChI is InChI=1S/C20H28/c1-8-16(6)19(14(3)4)13-18(9-2)20-12-15(5)10-11-17(20)7/h9-13,16H,3,8H2,1-2,4-7H3/b18-9+,19-13+. The fourth-order valence-electron chi connectivity index (χ4n) is 2.44. The van der Waals surface area contributed by atoms with Gasteiger partial charge in [0.15, 0.2) is 0 Å². The average molecular weight is 268 g/mol. The molecule has 0 aromatic heterocycles. The molecule has 1 aromatic carbocycles. The molecule has 0 heteroatoms. The van der Waals surface area contributed by atoms with Gasteiger partial charge in [-0.2, -0.15) is 0 Å². The van der Waals surface area contributed by atoms with E-state index >= 15 is 0 Å². The first-order chi connectivity index (χ1) is 9.40. The van der Waals surface area contributed by atoms with E-state index in [0.717, 1.165) is 6.42 Å². The predicted molar refractivity (Wildman–Crippen MR) is 91.9 cm³/mol. The molecule has 0 aliphatic rings. The van der Waals surface area contributed by atoms with E-state index in [1.165, 1.54) is 33.4 Å². The van der Waals surface area contributed by atoms with E-state index in [-0.39, 0.29) is 0 Å². The molecule has 0 spiro atoms. The minimum atomic E-state index is 0.549. The summed E-state index contributed by atoms with van der Waals surface area (Å²) in [6.07, 6.45) is 5.66. The van der Waals surface area contributed by atoms with Crippen LogP contribution in [-0.2, 0) is 0 Å². The first kappa shape index (κ1) is 16.5. The summed E-state index contributed by atoms with van der Waals surface area (Å²) in [6, 6.07) is 6.64. The van der Waals surface area contributed by atoms with E-state index in [9.17, 15) is 0 Å². The van der Waals surface area contributed by atoms with Crippen molar-refractivity contribution in [2.75, 3.05) is 0 Å². The first-order valence-electron chi connectivity index (χ1n) is 7.52. The third-order valence-corrected chi connectivity index (χ3v) is 3.96. The quantitative estimate of drug-likeness (QED) is 0.553. The highest BCUT2D eigenvalue weighted by atomic mass is 14.1. The zero-order chi connectivity index (χ0) is 15.3. The fraction of sp³-hybridized carbons (Fsp3) is 0.400. The SMILES string of the molecule is C=C(C)/C(=C\C(=C/C)c1cc(C)ccc1C)C(C)CC. The normalized spacial score (nSPS) is 14.3. The van der Waals surface area contributed by atoms with Gasteiger partial charge in [0.05, 0.1) is 0 Å². The van der Waals surface area contributed by atoms with Crippen LogP contribution < -0.4 is 0 Å². The topological polar surface area (TPSA) is 0 Å². The Labute approximate surface area is 124 Å². The lowest BCUT2D eigenvalue weighted by molar-refractivity contribution is 0.663. The Bertz CT molecular complexity index is 541. The van der Waals surface area contributed by atoms with E-state index in [4.69, 9.17) is 0 Å². The Hall–Kier alpha value is -1.56. The largest absolute Gasteiger partial charge is 0.0958 e. The van der Waals surface area contributed by atoms with E-state index in [1.807, 2.05) is 0 Å². The molecule has 0 N–H and O–H groups in total. The van der Waals surface area contributed by atoms with Crippen LogP contribution in [0.3, 0.4) is 0 Å². The number of rotatable bonds is 5. The van der Waals surface area contributed by atoms with Crippen molar-refractivity contribution in [1.82, 2.24) is 0 Å². The fourth-order valence-corrected chi connectivity index (χ4v) is 2.44. The van der Waals surface area contributed by atoms with Crippen molar-refractivity contribution in [3.63, 3.8) is 0 Å². The minimum Gasteiger partial charge on any atom is -0.0958 e. The van der Waals surface area contributed by atoms with E-state index in [2.05, 4.69) is 78.5 Å². The van der Waals surface area contributed by atoms with Crippen LogP contribution in [0, 0.1) is 19.8 Å². The van der Waals surface area contributed by atoms with Crippen LogP contribution in [0.4, 0.5) is 0 Å². The van der Waals surface area contributed by atoms with Crippen molar-refractivity contribution >= 4 is 5.57 Å². The molecule has 20 heavy (non-hydrogen) atoms. The van der Waals surface area contributed by atoms with Gasteiger partial charge in [0, 0.05) is 0 Å². The zero-order valence-electron chi connectivity index (χ0n) is 13.9. The van der Waals surface area contributed by atoms with E-state index in [1.54, 1.807) is 0 Å². The summed E-state index contributed by atoms with van der Waals surface area (Å²) in [5.41, 5.74) is 7.79. The van der Waals surface area contributed by atoms with Gasteiger partial charge in [0.1, 0.15) is 0 Å². The zero-order valence-corrected chi connectivity index (χ0v) is 13.9.